The van der Waals surface area contributed by atoms with Crippen LogP contribution < -0.4 is 5.46 Å². The lowest BCUT2D eigenvalue weighted by molar-refractivity contribution is 0.00578. The van der Waals surface area contributed by atoms with E-state index in [4.69, 9.17) is 14.3 Å². The quantitative estimate of drug-likeness (QED) is 0.464. The van der Waals surface area contributed by atoms with Gasteiger partial charge < -0.3 is 9.31 Å². The molecule has 2 aromatic carbocycles. The highest BCUT2D eigenvalue weighted by Gasteiger charge is 2.53. The normalized spacial score (nSPS) is 24.0. The molecular formula is C30H30BNO2. The van der Waals surface area contributed by atoms with Crippen LogP contribution in [0.25, 0.3) is 11.1 Å². The molecule has 3 nitrogen and oxygen atoms in total. The second kappa shape index (κ2) is 7.53. The van der Waals surface area contributed by atoms with Gasteiger partial charge in [0, 0.05) is 6.20 Å². The molecule has 1 atom stereocenters. The third-order valence-electron chi connectivity index (χ3n) is 8.14. The van der Waals surface area contributed by atoms with E-state index < -0.39 is 5.41 Å². The zero-order valence-corrected chi connectivity index (χ0v) is 20.3. The van der Waals surface area contributed by atoms with Crippen LogP contribution in [-0.4, -0.2) is 23.3 Å². The topological polar surface area (TPSA) is 31.4 Å². The van der Waals surface area contributed by atoms with Gasteiger partial charge >= 0.3 is 7.12 Å². The van der Waals surface area contributed by atoms with Gasteiger partial charge in [0.2, 0.25) is 0 Å². The van der Waals surface area contributed by atoms with Gasteiger partial charge in [0.05, 0.1) is 22.3 Å². The van der Waals surface area contributed by atoms with Crippen LogP contribution in [0.4, 0.5) is 0 Å². The van der Waals surface area contributed by atoms with Gasteiger partial charge in [0.1, 0.15) is 0 Å². The van der Waals surface area contributed by atoms with Crippen molar-refractivity contribution < 1.29 is 9.31 Å². The molecule has 0 saturated carbocycles. The fourth-order valence-electron chi connectivity index (χ4n) is 5.71. The molecule has 4 heteroatoms. The third kappa shape index (κ3) is 2.95. The fourth-order valence-corrected chi connectivity index (χ4v) is 5.71. The van der Waals surface area contributed by atoms with Crippen LogP contribution in [0.2, 0.25) is 0 Å². The molecule has 34 heavy (non-hydrogen) atoms. The number of nitrogens with zero attached hydrogens (tertiary/aromatic N) is 1. The number of allylic oxidation sites excluding steroid dienone is 4. The van der Waals surface area contributed by atoms with E-state index >= 15 is 0 Å². The highest BCUT2D eigenvalue weighted by Crippen LogP contribution is 2.56. The van der Waals surface area contributed by atoms with Crippen molar-refractivity contribution in [3.05, 3.63) is 107 Å². The van der Waals surface area contributed by atoms with E-state index in [1.165, 1.54) is 27.8 Å². The van der Waals surface area contributed by atoms with E-state index in [1.807, 2.05) is 12.3 Å². The first-order valence-corrected chi connectivity index (χ1v) is 12.2. The minimum absolute atomic E-state index is 0.369. The Balaban J connectivity index is 1.59. The molecule has 2 aliphatic carbocycles. The van der Waals surface area contributed by atoms with Crippen molar-refractivity contribution in [3.63, 3.8) is 0 Å². The first-order chi connectivity index (χ1) is 16.3. The Bertz CT molecular complexity index is 1310. The summed E-state index contributed by atoms with van der Waals surface area (Å²) in [5.74, 6) is 0. The number of benzene rings is 2. The van der Waals surface area contributed by atoms with Crippen LogP contribution >= 0.6 is 0 Å². The summed E-state index contributed by atoms with van der Waals surface area (Å²) >= 11 is 0. The van der Waals surface area contributed by atoms with Crippen molar-refractivity contribution in [2.45, 2.75) is 57.2 Å². The second-order valence-corrected chi connectivity index (χ2v) is 10.6. The SMILES string of the molecule is CC1(C)OB(c2ccc3c(c2)-c2ccccc2C3(C2=CC=CCC2)c2ccccn2)OC1(C)C. The zero-order valence-electron chi connectivity index (χ0n) is 20.3. The van der Waals surface area contributed by atoms with E-state index in [0.717, 1.165) is 24.0 Å². The number of hydrogen-bond acceptors (Lipinski definition) is 3. The van der Waals surface area contributed by atoms with Crippen molar-refractivity contribution >= 4 is 12.6 Å². The van der Waals surface area contributed by atoms with Crippen LogP contribution in [-0.2, 0) is 14.7 Å². The summed E-state index contributed by atoms with van der Waals surface area (Å²) in [4.78, 5) is 4.93. The minimum atomic E-state index is -0.396. The molecule has 3 aliphatic rings. The van der Waals surface area contributed by atoms with Crippen LogP contribution in [0.3, 0.4) is 0 Å². The Labute approximate surface area is 202 Å². The highest BCUT2D eigenvalue weighted by molar-refractivity contribution is 6.62. The Morgan fingerprint density at radius 3 is 2.26 bits per heavy atom. The molecule has 1 aromatic heterocycles. The molecule has 2 heterocycles. The monoisotopic (exact) mass is 447 g/mol. The maximum atomic E-state index is 6.40. The van der Waals surface area contributed by atoms with E-state index in [2.05, 4.69) is 101 Å². The lowest BCUT2D eigenvalue weighted by Crippen LogP contribution is -2.41. The largest absolute Gasteiger partial charge is 0.494 e. The van der Waals surface area contributed by atoms with Crippen molar-refractivity contribution in [2.75, 3.05) is 0 Å². The summed E-state index contributed by atoms with van der Waals surface area (Å²) < 4.78 is 12.8. The molecule has 1 aliphatic heterocycles. The molecule has 0 N–H and O–H groups in total. The van der Waals surface area contributed by atoms with Crippen LogP contribution in [0.1, 0.15) is 57.4 Å². The molecule has 0 bridgehead atoms. The number of aromatic nitrogens is 1. The standard InChI is InChI=1S/C30H30BNO2/c1-28(2)29(3,4)34-31(33-28)22-17-18-26-24(20-22)23-14-8-9-15-25(23)30(26,21-12-6-5-7-13-21)27-16-10-11-19-32-27/h5-6,8-12,14-20H,7,13H2,1-4H3. The van der Waals surface area contributed by atoms with Crippen LogP contribution in [0.5, 0.6) is 0 Å². The second-order valence-electron chi connectivity index (χ2n) is 10.6. The summed E-state index contributed by atoms with van der Waals surface area (Å²) in [6.07, 6.45) is 10.7. The van der Waals surface area contributed by atoms with Gasteiger partial charge in [-0.05, 0) is 86.0 Å². The predicted octanol–water partition coefficient (Wildman–Crippen LogP) is 5.97. The molecule has 3 aromatic rings. The van der Waals surface area contributed by atoms with Gasteiger partial charge in [0.15, 0.2) is 0 Å². The first-order valence-electron chi connectivity index (χ1n) is 12.2. The summed E-state index contributed by atoms with van der Waals surface area (Å²) in [5, 5.41) is 0. The summed E-state index contributed by atoms with van der Waals surface area (Å²) in [5.41, 5.74) is 7.48. The average molecular weight is 447 g/mol. The Hall–Kier alpha value is -2.95. The lowest BCUT2D eigenvalue weighted by atomic mass is 9.66. The molecule has 170 valence electrons. The van der Waals surface area contributed by atoms with Gasteiger partial charge in [-0.2, -0.15) is 0 Å². The maximum Gasteiger partial charge on any atom is 0.494 e. The van der Waals surface area contributed by atoms with Gasteiger partial charge in [-0.25, -0.2) is 0 Å². The van der Waals surface area contributed by atoms with Gasteiger partial charge in [0.25, 0.3) is 0 Å². The third-order valence-corrected chi connectivity index (χ3v) is 8.14. The van der Waals surface area contributed by atoms with Gasteiger partial charge in [-0.15, -0.1) is 0 Å². The van der Waals surface area contributed by atoms with E-state index in [-0.39, 0.29) is 18.3 Å². The average Bonchev–Trinajstić information content (AvgIpc) is 3.27. The highest BCUT2D eigenvalue weighted by atomic mass is 16.7. The van der Waals surface area contributed by atoms with E-state index in [9.17, 15) is 0 Å². The first kappa shape index (κ1) is 21.6. The Morgan fingerprint density at radius 2 is 1.56 bits per heavy atom. The number of rotatable bonds is 3. The van der Waals surface area contributed by atoms with Gasteiger partial charge in [-0.1, -0.05) is 66.8 Å². The maximum absolute atomic E-state index is 6.40. The zero-order chi connectivity index (χ0) is 23.6. The Morgan fingerprint density at radius 1 is 0.824 bits per heavy atom. The number of pyridine rings is 1. The molecule has 6 rings (SSSR count). The fraction of sp³-hybridized carbons (Fsp3) is 0.300. The predicted molar refractivity (Wildman–Crippen MR) is 138 cm³/mol. The van der Waals surface area contributed by atoms with Crippen molar-refractivity contribution in [1.29, 1.82) is 0 Å². The van der Waals surface area contributed by atoms with E-state index in [0.29, 0.717) is 0 Å². The molecule has 1 fully saturated rings. The van der Waals surface area contributed by atoms with Crippen molar-refractivity contribution in [3.8, 4) is 11.1 Å². The summed E-state index contributed by atoms with van der Waals surface area (Å²) in [7, 11) is -0.385. The summed E-state index contributed by atoms with van der Waals surface area (Å²) in [6, 6.07) is 21.8. The molecule has 0 amide bonds. The summed E-state index contributed by atoms with van der Waals surface area (Å²) in [6.45, 7) is 8.41. The number of fused-ring (bicyclic) bond motifs is 3. The van der Waals surface area contributed by atoms with Crippen LogP contribution in [0.15, 0.2) is 90.7 Å². The van der Waals surface area contributed by atoms with Gasteiger partial charge in [-0.3, -0.25) is 4.98 Å². The van der Waals surface area contributed by atoms with Crippen molar-refractivity contribution in [2.24, 2.45) is 0 Å². The smallest absolute Gasteiger partial charge is 0.399 e. The van der Waals surface area contributed by atoms with E-state index in [1.54, 1.807) is 0 Å². The molecule has 1 unspecified atom stereocenters. The van der Waals surface area contributed by atoms with Crippen LogP contribution in [0, 0.1) is 0 Å². The molecule has 0 radical (unpaired) electrons. The molecule has 1 saturated heterocycles. The molecular weight excluding hydrogens is 417 g/mol. The minimum Gasteiger partial charge on any atom is -0.399 e. The Kier molecular flexibility index (Phi) is 4.78. The molecule has 0 spiro atoms. The lowest BCUT2D eigenvalue weighted by Gasteiger charge is -2.35. The van der Waals surface area contributed by atoms with Crippen molar-refractivity contribution in [1.82, 2.24) is 4.98 Å². The number of hydrogen-bond donors (Lipinski definition) is 0.